The lowest BCUT2D eigenvalue weighted by atomic mass is 10.1. The standard InChI is InChI=1S/C30H30ClN7O3S/c1-17(2)30-36-27(22-12-13-26(34-18(22)3)37-42(39,40)25-7-5-4-6-23(25)31)28-29(32)33-14-24(38(28)30)19-8-10-20(11-9-19)35-21-15-41-16-21/h4-14,17,21,35H,15-16H2,1-3H3,(H2,32,33)(H,34,37). The Morgan fingerprint density at radius 3 is 2.43 bits per heavy atom. The summed E-state index contributed by atoms with van der Waals surface area (Å²) in [5.74, 6) is 1.39. The highest BCUT2D eigenvalue weighted by atomic mass is 35.5. The Labute approximate surface area is 249 Å². The fraction of sp³-hybridized carbons (Fsp3) is 0.233. The van der Waals surface area contributed by atoms with Gasteiger partial charge in [0.05, 0.1) is 36.2 Å². The Morgan fingerprint density at radius 1 is 1.05 bits per heavy atom. The summed E-state index contributed by atoms with van der Waals surface area (Å²) in [5, 5.41) is 3.59. The maximum atomic E-state index is 13.0. The highest BCUT2D eigenvalue weighted by molar-refractivity contribution is 7.92. The van der Waals surface area contributed by atoms with E-state index in [0.29, 0.717) is 47.5 Å². The zero-order valence-electron chi connectivity index (χ0n) is 23.3. The van der Waals surface area contributed by atoms with Crippen LogP contribution in [0.3, 0.4) is 0 Å². The molecular formula is C30H30ClN7O3S. The normalized spacial score (nSPS) is 13.8. The summed E-state index contributed by atoms with van der Waals surface area (Å²) in [6, 6.07) is 18.1. The molecule has 216 valence electrons. The number of aromatic nitrogens is 4. The van der Waals surface area contributed by atoms with Crippen LogP contribution in [-0.4, -0.2) is 47.0 Å². The minimum Gasteiger partial charge on any atom is -0.382 e. The molecule has 0 atom stereocenters. The number of nitrogen functional groups attached to an aromatic ring is 1. The minimum absolute atomic E-state index is 0.0240. The van der Waals surface area contributed by atoms with Crippen LogP contribution in [-0.2, 0) is 14.8 Å². The van der Waals surface area contributed by atoms with Crippen LogP contribution in [0.25, 0.3) is 28.0 Å². The average Bonchev–Trinajstić information content (AvgIpc) is 3.33. The van der Waals surface area contributed by atoms with Crippen molar-refractivity contribution in [3.8, 4) is 22.5 Å². The van der Waals surface area contributed by atoms with Gasteiger partial charge in [-0.3, -0.25) is 9.12 Å². The third-order valence-corrected chi connectivity index (χ3v) is 8.98. The summed E-state index contributed by atoms with van der Waals surface area (Å²) >= 11 is 6.13. The predicted octanol–water partition coefficient (Wildman–Crippen LogP) is 5.74. The molecule has 12 heteroatoms. The molecule has 2 aromatic carbocycles. The van der Waals surface area contributed by atoms with E-state index in [1.54, 1.807) is 37.4 Å². The third kappa shape index (κ3) is 5.15. The Balaban J connectivity index is 1.40. The van der Waals surface area contributed by atoms with Gasteiger partial charge in [0.15, 0.2) is 0 Å². The minimum atomic E-state index is -3.94. The molecule has 1 aliphatic heterocycles. The number of rotatable bonds is 8. The molecule has 6 rings (SSSR count). The monoisotopic (exact) mass is 603 g/mol. The molecule has 0 aliphatic carbocycles. The summed E-state index contributed by atoms with van der Waals surface area (Å²) in [5.41, 5.74) is 11.9. The zero-order chi connectivity index (χ0) is 29.6. The average molecular weight is 604 g/mol. The van der Waals surface area contributed by atoms with Gasteiger partial charge in [-0.15, -0.1) is 0 Å². The smallest absolute Gasteiger partial charge is 0.264 e. The van der Waals surface area contributed by atoms with E-state index in [0.717, 1.165) is 22.8 Å². The number of nitrogens with two attached hydrogens (primary N) is 1. The summed E-state index contributed by atoms with van der Waals surface area (Å²) in [7, 11) is -3.94. The van der Waals surface area contributed by atoms with Gasteiger partial charge in [-0.2, -0.15) is 0 Å². The van der Waals surface area contributed by atoms with Crippen LogP contribution in [0.5, 0.6) is 0 Å². The maximum Gasteiger partial charge on any atom is 0.264 e. The highest BCUT2D eigenvalue weighted by Crippen LogP contribution is 2.36. The second kappa shape index (κ2) is 10.9. The highest BCUT2D eigenvalue weighted by Gasteiger charge is 2.24. The topological polar surface area (TPSA) is 137 Å². The molecule has 1 saturated heterocycles. The van der Waals surface area contributed by atoms with Gasteiger partial charge in [-0.05, 0) is 43.3 Å². The molecule has 0 bridgehead atoms. The van der Waals surface area contributed by atoms with Gasteiger partial charge in [0.2, 0.25) is 0 Å². The Kier molecular flexibility index (Phi) is 7.25. The van der Waals surface area contributed by atoms with Crippen molar-refractivity contribution in [3.05, 3.63) is 83.4 Å². The predicted molar refractivity (Wildman–Crippen MR) is 165 cm³/mol. The number of aryl methyl sites for hydroxylation is 1. The van der Waals surface area contributed by atoms with Crippen molar-refractivity contribution in [1.82, 2.24) is 19.4 Å². The summed E-state index contributed by atoms with van der Waals surface area (Å²) in [4.78, 5) is 14.1. The van der Waals surface area contributed by atoms with E-state index >= 15 is 0 Å². The van der Waals surface area contributed by atoms with Crippen LogP contribution in [0.4, 0.5) is 17.3 Å². The van der Waals surface area contributed by atoms with E-state index in [1.807, 2.05) is 24.3 Å². The fourth-order valence-electron chi connectivity index (χ4n) is 4.96. The summed E-state index contributed by atoms with van der Waals surface area (Å²) in [6.45, 7) is 7.37. The Hall–Kier alpha value is -4.19. The number of anilines is 3. The number of imidazole rings is 1. The molecule has 3 aromatic heterocycles. The van der Waals surface area contributed by atoms with Gasteiger partial charge >= 0.3 is 0 Å². The molecule has 0 unspecified atom stereocenters. The van der Waals surface area contributed by atoms with Crippen molar-refractivity contribution in [2.45, 2.75) is 37.6 Å². The maximum absolute atomic E-state index is 13.0. The van der Waals surface area contributed by atoms with Crippen LogP contribution in [0.2, 0.25) is 5.02 Å². The van der Waals surface area contributed by atoms with Crippen LogP contribution in [0, 0.1) is 6.92 Å². The van der Waals surface area contributed by atoms with E-state index < -0.39 is 10.0 Å². The lowest BCUT2D eigenvalue weighted by Gasteiger charge is -2.27. The van der Waals surface area contributed by atoms with Gasteiger partial charge in [0.25, 0.3) is 10.0 Å². The number of hydrogen-bond donors (Lipinski definition) is 3. The van der Waals surface area contributed by atoms with Gasteiger partial charge in [-0.25, -0.2) is 23.4 Å². The molecular weight excluding hydrogens is 574 g/mol. The molecule has 5 aromatic rings. The van der Waals surface area contributed by atoms with E-state index in [-0.39, 0.29) is 21.7 Å². The van der Waals surface area contributed by atoms with Gasteiger partial charge in [-0.1, -0.05) is 49.7 Å². The summed E-state index contributed by atoms with van der Waals surface area (Å²) in [6.07, 6.45) is 1.76. The van der Waals surface area contributed by atoms with Crippen molar-refractivity contribution < 1.29 is 13.2 Å². The molecule has 1 aliphatic rings. The first-order valence-corrected chi connectivity index (χ1v) is 15.4. The molecule has 0 saturated carbocycles. The molecule has 0 spiro atoms. The molecule has 4 heterocycles. The fourth-order valence-corrected chi connectivity index (χ4v) is 6.48. The second-order valence-electron chi connectivity index (χ2n) is 10.5. The summed E-state index contributed by atoms with van der Waals surface area (Å²) < 4.78 is 35.8. The van der Waals surface area contributed by atoms with Crippen molar-refractivity contribution >= 4 is 44.5 Å². The number of nitrogens with one attached hydrogen (secondary N) is 2. The number of halogens is 1. The first kappa shape index (κ1) is 28.0. The van der Waals surface area contributed by atoms with Crippen LogP contribution < -0.4 is 15.8 Å². The first-order valence-electron chi connectivity index (χ1n) is 13.5. The molecule has 42 heavy (non-hydrogen) atoms. The first-order chi connectivity index (χ1) is 20.1. The lowest BCUT2D eigenvalue weighted by Crippen LogP contribution is -2.40. The third-order valence-electron chi connectivity index (χ3n) is 7.12. The second-order valence-corrected chi connectivity index (χ2v) is 12.6. The SMILES string of the molecule is Cc1nc(NS(=O)(=O)c2ccccc2Cl)ccc1-c1nc(C(C)C)n2c(-c3ccc(NC4COC4)cc3)cnc(N)c12. The van der Waals surface area contributed by atoms with E-state index in [2.05, 4.69) is 38.3 Å². The molecule has 4 N–H and O–H groups in total. The number of pyridine rings is 1. The van der Waals surface area contributed by atoms with Crippen molar-refractivity contribution in [2.75, 3.05) is 29.0 Å². The van der Waals surface area contributed by atoms with Gasteiger partial charge in [0, 0.05) is 28.4 Å². The number of sulfonamides is 1. The van der Waals surface area contributed by atoms with E-state index in [1.165, 1.54) is 12.1 Å². The molecule has 1 fully saturated rings. The Bertz CT molecular complexity index is 1900. The molecule has 10 nitrogen and oxygen atoms in total. The van der Waals surface area contributed by atoms with Crippen LogP contribution in [0.15, 0.2) is 71.8 Å². The number of hydrogen-bond acceptors (Lipinski definition) is 8. The van der Waals surface area contributed by atoms with Crippen LogP contribution in [0.1, 0.15) is 31.3 Å². The number of fused-ring (bicyclic) bond motifs is 1. The van der Waals surface area contributed by atoms with Crippen LogP contribution >= 0.6 is 11.6 Å². The van der Waals surface area contributed by atoms with Crippen molar-refractivity contribution in [3.63, 3.8) is 0 Å². The number of ether oxygens (including phenoxy) is 1. The zero-order valence-corrected chi connectivity index (χ0v) is 24.9. The quantitative estimate of drug-likeness (QED) is 0.204. The van der Waals surface area contributed by atoms with Gasteiger partial charge < -0.3 is 15.8 Å². The van der Waals surface area contributed by atoms with E-state index in [4.69, 9.17) is 27.1 Å². The lowest BCUT2D eigenvalue weighted by molar-refractivity contribution is 0.0211. The van der Waals surface area contributed by atoms with E-state index in [9.17, 15) is 8.42 Å². The number of nitrogens with zero attached hydrogens (tertiary/aromatic N) is 4. The van der Waals surface area contributed by atoms with Gasteiger partial charge in [0.1, 0.15) is 33.6 Å². The number of benzene rings is 2. The van der Waals surface area contributed by atoms with Crippen molar-refractivity contribution in [2.24, 2.45) is 0 Å². The molecule has 0 amide bonds. The largest absolute Gasteiger partial charge is 0.382 e. The molecule has 0 radical (unpaired) electrons. The van der Waals surface area contributed by atoms with Crippen molar-refractivity contribution in [1.29, 1.82) is 0 Å². The Morgan fingerprint density at radius 2 is 1.79 bits per heavy atom.